The van der Waals surface area contributed by atoms with E-state index in [1.54, 1.807) is 0 Å². The number of benzene rings is 3. The van der Waals surface area contributed by atoms with E-state index in [1.807, 2.05) is 49.4 Å². The zero-order valence-electron chi connectivity index (χ0n) is 16.1. The van der Waals surface area contributed by atoms with E-state index in [0.717, 1.165) is 22.6 Å². The highest BCUT2D eigenvalue weighted by Gasteiger charge is 2.20. The molecule has 3 rings (SSSR count). The minimum Gasteiger partial charge on any atom is -0.452 e. The van der Waals surface area contributed by atoms with Crippen molar-refractivity contribution in [1.82, 2.24) is 5.32 Å². The lowest BCUT2D eigenvalue weighted by atomic mass is 10.00. The van der Waals surface area contributed by atoms with Crippen LogP contribution in [0.2, 0.25) is 0 Å². The summed E-state index contributed by atoms with van der Waals surface area (Å²) in [5.74, 6) is -1.34. The standard InChI is InChI=1S/C22H21NO5S/c1-15(17-12-7-9-16-8-3-4-10-18(16)17)23-21(24)14-28-22(25)19-11-5-6-13-20(19)29(2,26)27/h3-13,15H,14H2,1-2H3,(H,23,24)/t15-/m0/s1. The van der Waals surface area contributed by atoms with Crippen molar-refractivity contribution in [3.05, 3.63) is 77.9 Å². The molecule has 0 aromatic heterocycles. The maximum Gasteiger partial charge on any atom is 0.339 e. The second kappa shape index (κ2) is 8.45. The van der Waals surface area contributed by atoms with E-state index in [9.17, 15) is 18.0 Å². The molecule has 1 N–H and O–H groups in total. The third-order valence-electron chi connectivity index (χ3n) is 4.51. The van der Waals surface area contributed by atoms with E-state index in [2.05, 4.69) is 5.32 Å². The quantitative estimate of drug-likeness (QED) is 0.629. The van der Waals surface area contributed by atoms with Gasteiger partial charge in [-0.3, -0.25) is 4.79 Å². The number of esters is 1. The molecule has 6 nitrogen and oxygen atoms in total. The van der Waals surface area contributed by atoms with Gasteiger partial charge < -0.3 is 10.1 Å². The molecule has 0 fully saturated rings. The predicted molar refractivity (Wildman–Crippen MR) is 110 cm³/mol. The van der Waals surface area contributed by atoms with Crippen molar-refractivity contribution in [3.8, 4) is 0 Å². The van der Waals surface area contributed by atoms with Gasteiger partial charge in [-0.15, -0.1) is 0 Å². The number of hydrogen-bond donors (Lipinski definition) is 1. The summed E-state index contributed by atoms with van der Waals surface area (Å²) >= 11 is 0. The fourth-order valence-electron chi connectivity index (χ4n) is 3.16. The highest BCUT2D eigenvalue weighted by Crippen LogP contribution is 2.24. The fraction of sp³-hybridized carbons (Fsp3) is 0.182. The molecule has 3 aromatic carbocycles. The first-order valence-electron chi connectivity index (χ1n) is 9.00. The largest absolute Gasteiger partial charge is 0.452 e. The molecular formula is C22H21NO5S. The summed E-state index contributed by atoms with van der Waals surface area (Å²) in [5, 5.41) is 4.90. The summed E-state index contributed by atoms with van der Waals surface area (Å²) in [6.07, 6.45) is 1.01. The van der Waals surface area contributed by atoms with Crippen molar-refractivity contribution in [1.29, 1.82) is 0 Å². The number of fused-ring (bicyclic) bond motifs is 1. The number of nitrogens with one attached hydrogen (secondary N) is 1. The van der Waals surface area contributed by atoms with E-state index >= 15 is 0 Å². The summed E-state index contributed by atoms with van der Waals surface area (Å²) in [7, 11) is -3.59. The molecular weight excluding hydrogens is 390 g/mol. The molecule has 0 unspecified atom stereocenters. The van der Waals surface area contributed by atoms with E-state index in [0.29, 0.717) is 0 Å². The first-order chi connectivity index (χ1) is 13.8. The SMILES string of the molecule is C[C@H](NC(=O)COC(=O)c1ccccc1S(C)(=O)=O)c1cccc2ccccc12. The summed E-state index contributed by atoms with van der Waals surface area (Å²) in [4.78, 5) is 24.4. The maximum absolute atomic E-state index is 12.3. The minimum atomic E-state index is -3.59. The van der Waals surface area contributed by atoms with Crippen LogP contribution >= 0.6 is 0 Å². The Morgan fingerprint density at radius 2 is 1.62 bits per heavy atom. The molecule has 0 spiro atoms. The van der Waals surface area contributed by atoms with Gasteiger partial charge in [0, 0.05) is 6.26 Å². The molecule has 0 saturated carbocycles. The Hall–Kier alpha value is -3.19. The van der Waals surface area contributed by atoms with E-state index in [-0.39, 0.29) is 16.5 Å². The van der Waals surface area contributed by atoms with Crippen LogP contribution in [0.25, 0.3) is 10.8 Å². The highest BCUT2D eigenvalue weighted by atomic mass is 32.2. The van der Waals surface area contributed by atoms with Crippen LogP contribution in [-0.2, 0) is 19.4 Å². The highest BCUT2D eigenvalue weighted by molar-refractivity contribution is 7.90. The van der Waals surface area contributed by atoms with Gasteiger partial charge in [0.25, 0.3) is 5.91 Å². The van der Waals surface area contributed by atoms with Gasteiger partial charge in [0.1, 0.15) is 0 Å². The minimum absolute atomic E-state index is 0.0927. The van der Waals surface area contributed by atoms with Gasteiger partial charge in [0.2, 0.25) is 0 Å². The van der Waals surface area contributed by atoms with Crippen molar-refractivity contribution in [2.24, 2.45) is 0 Å². The number of sulfone groups is 1. The molecule has 0 saturated heterocycles. The number of rotatable bonds is 6. The lowest BCUT2D eigenvalue weighted by Gasteiger charge is -2.17. The first kappa shape index (κ1) is 20.5. The van der Waals surface area contributed by atoms with Crippen LogP contribution in [0.3, 0.4) is 0 Å². The van der Waals surface area contributed by atoms with Crippen molar-refractivity contribution in [2.45, 2.75) is 17.9 Å². The normalized spacial score (nSPS) is 12.3. The molecule has 150 valence electrons. The Kier molecular flexibility index (Phi) is 5.98. The molecule has 0 aliphatic heterocycles. The van der Waals surface area contributed by atoms with E-state index < -0.39 is 28.3 Å². The Morgan fingerprint density at radius 3 is 2.38 bits per heavy atom. The molecule has 7 heteroatoms. The van der Waals surface area contributed by atoms with E-state index in [4.69, 9.17) is 4.74 Å². The number of ether oxygens (including phenoxy) is 1. The Labute approximate surface area is 169 Å². The summed E-state index contributed by atoms with van der Waals surface area (Å²) in [6.45, 7) is 1.34. The smallest absolute Gasteiger partial charge is 0.339 e. The zero-order chi connectivity index (χ0) is 21.0. The molecule has 0 aliphatic carbocycles. The number of carbonyl (C=O) groups is 2. The van der Waals surface area contributed by atoms with Crippen molar-refractivity contribution in [3.63, 3.8) is 0 Å². The van der Waals surface area contributed by atoms with Gasteiger partial charge in [-0.25, -0.2) is 13.2 Å². The Morgan fingerprint density at radius 1 is 0.966 bits per heavy atom. The molecule has 0 radical (unpaired) electrons. The molecule has 0 bridgehead atoms. The predicted octanol–water partition coefficient (Wildman–Crippen LogP) is 3.28. The van der Waals surface area contributed by atoms with Gasteiger partial charge in [-0.1, -0.05) is 54.6 Å². The van der Waals surface area contributed by atoms with Crippen LogP contribution in [0.4, 0.5) is 0 Å². The molecule has 29 heavy (non-hydrogen) atoms. The van der Waals surface area contributed by atoms with Crippen molar-refractivity contribution in [2.75, 3.05) is 12.9 Å². The Balaban J connectivity index is 1.67. The number of carbonyl (C=O) groups excluding carboxylic acids is 2. The molecule has 1 amide bonds. The van der Waals surface area contributed by atoms with Crippen LogP contribution < -0.4 is 5.32 Å². The monoisotopic (exact) mass is 411 g/mol. The van der Waals surface area contributed by atoms with Gasteiger partial charge in [0.15, 0.2) is 16.4 Å². The lowest BCUT2D eigenvalue weighted by molar-refractivity contribution is -0.124. The third kappa shape index (κ3) is 4.81. The van der Waals surface area contributed by atoms with Crippen LogP contribution in [0.15, 0.2) is 71.6 Å². The maximum atomic E-state index is 12.3. The average Bonchev–Trinajstić information content (AvgIpc) is 2.71. The van der Waals surface area contributed by atoms with Gasteiger partial charge in [-0.05, 0) is 35.4 Å². The van der Waals surface area contributed by atoms with Gasteiger partial charge >= 0.3 is 5.97 Å². The van der Waals surface area contributed by atoms with Gasteiger partial charge in [0.05, 0.1) is 16.5 Å². The topological polar surface area (TPSA) is 89.5 Å². The Bertz CT molecular complexity index is 1170. The molecule has 3 aromatic rings. The van der Waals surface area contributed by atoms with Crippen molar-refractivity contribution < 1.29 is 22.7 Å². The average molecular weight is 411 g/mol. The van der Waals surface area contributed by atoms with Crippen molar-refractivity contribution >= 4 is 32.5 Å². The van der Waals surface area contributed by atoms with E-state index in [1.165, 1.54) is 24.3 Å². The summed E-state index contributed by atoms with van der Waals surface area (Å²) in [5.41, 5.74) is 0.857. The zero-order valence-corrected chi connectivity index (χ0v) is 16.9. The second-order valence-corrected chi connectivity index (χ2v) is 8.69. The second-order valence-electron chi connectivity index (χ2n) is 6.70. The fourth-order valence-corrected chi connectivity index (χ4v) is 4.03. The number of hydrogen-bond acceptors (Lipinski definition) is 5. The van der Waals surface area contributed by atoms with Crippen LogP contribution in [0, 0.1) is 0 Å². The summed E-state index contributed by atoms with van der Waals surface area (Å²) in [6, 6.07) is 19.1. The molecule has 0 aliphatic rings. The number of amides is 1. The van der Waals surface area contributed by atoms with Crippen LogP contribution in [0.5, 0.6) is 0 Å². The first-order valence-corrected chi connectivity index (χ1v) is 10.9. The summed E-state index contributed by atoms with van der Waals surface area (Å²) < 4.78 is 28.7. The molecule has 1 atom stereocenters. The van der Waals surface area contributed by atoms with Gasteiger partial charge in [-0.2, -0.15) is 0 Å². The van der Waals surface area contributed by atoms with Crippen LogP contribution in [-0.4, -0.2) is 33.2 Å². The lowest BCUT2D eigenvalue weighted by Crippen LogP contribution is -2.31. The van der Waals surface area contributed by atoms with Crippen LogP contribution in [0.1, 0.15) is 28.9 Å². The molecule has 0 heterocycles. The third-order valence-corrected chi connectivity index (χ3v) is 5.66.